The first kappa shape index (κ1) is 25.3. The number of hydrogen-bond donors (Lipinski definition) is 2. The fourth-order valence-corrected chi connectivity index (χ4v) is 5.02. The molecule has 3 rings (SSSR count). The van der Waals surface area contributed by atoms with Gasteiger partial charge in [0.25, 0.3) is 0 Å². The summed E-state index contributed by atoms with van der Waals surface area (Å²) in [6, 6.07) is 4.88. The highest BCUT2D eigenvalue weighted by Crippen LogP contribution is 2.30. The predicted molar refractivity (Wildman–Crippen MR) is 133 cm³/mol. The van der Waals surface area contributed by atoms with Crippen molar-refractivity contribution in [2.24, 2.45) is 11.7 Å². The van der Waals surface area contributed by atoms with Crippen LogP contribution in [-0.2, 0) is 11.2 Å². The maximum Gasteiger partial charge on any atom is 0.204 e. The lowest BCUT2D eigenvalue weighted by atomic mass is 10.0. The monoisotopic (exact) mass is 445 g/mol. The highest BCUT2D eigenvalue weighted by atomic mass is 32.2. The van der Waals surface area contributed by atoms with Crippen LogP contribution in [0.2, 0.25) is 0 Å². The Morgan fingerprint density at radius 3 is 2.61 bits per heavy atom. The molecule has 6 nitrogen and oxygen atoms in total. The van der Waals surface area contributed by atoms with Gasteiger partial charge in [-0.2, -0.15) is 0 Å². The molecule has 3 N–H and O–H groups in total. The van der Waals surface area contributed by atoms with Gasteiger partial charge in [-0.3, -0.25) is 4.79 Å². The van der Waals surface area contributed by atoms with Gasteiger partial charge in [0.2, 0.25) is 6.41 Å². The van der Waals surface area contributed by atoms with E-state index in [4.69, 9.17) is 9.78 Å². The number of aromatic nitrogens is 1. The second kappa shape index (κ2) is 13.4. The van der Waals surface area contributed by atoms with E-state index in [0.717, 1.165) is 18.9 Å². The topological polar surface area (TPSA) is 74.5 Å². The van der Waals surface area contributed by atoms with Gasteiger partial charge in [-0.1, -0.05) is 19.1 Å². The van der Waals surface area contributed by atoms with Gasteiger partial charge in [0, 0.05) is 49.5 Å². The third kappa shape index (κ3) is 7.89. The minimum Gasteiger partial charge on any atom is -0.391 e. The normalized spacial score (nSPS) is 20.9. The highest BCUT2D eigenvalue weighted by molar-refractivity contribution is 8.01. The number of anilines is 1. The molecule has 31 heavy (non-hydrogen) atoms. The largest absolute Gasteiger partial charge is 0.391 e. The van der Waals surface area contributed by atoms with Crippen molar-refractivity contribution in [1.29, 1.82) is 0 Å². The number of nitrogens with zero attached hydrogens (tertiary/aromatic N) is 3. The van der Waals surface area contributed by atoms with Crippen LogP contribution in [0.1, 0.15) is 52.0 Å². The number of carbonyl (C=O) groups excluding carboxylic acids is 1. The van der Waals surface area contributed by atoms with Crippen molar-refractivity contribution in [2.45, 2.75) is 58.9 Å². The van der Waals surface area contributed by atoms with Gasteiger partial charge >= 0.3 is 0 Å². The lowest BCUT2D eigenvalue weighted by molar-refractivity contribution is -0.106. The summed E-state index contributed by atoms with van der Waals surface area (Å²) in [5.41, 5.74) is 6.73. The van der Waals surface area contributed by atoms with Crippen molar-refractivity contribution in [3.05, 3.63) is 46.6 Å². The van der Waals surface area contributed by atoms with Crippen LogP contribution in [0.15, 0.2) is 41.1 Å². The van der Waals surface area contributed by atoms with Gasteiger partial charge in [-0.15, -0.1) is 0 Å². The standard InChI is InChI=1S/C23H36N4S.CH3NO/c1-18-12-16-26(17-13-18)28-22(20(3)24-4)11-5-9-21-10-6-14-25-23(21)27-15-7-8-19(27)2;2-1-3/h5-6,10-11,14,18-19,24H,7-9,12-13,15-17H2,1-4H3;1H,(H2,2,3)/b11-5+,22-20+;. The Bertz CT molecular complexity index is 743. The zero-order chi connectivity index (χ0) is 22.6. The molecule has 2 saturated heterocycles. The summed E-state index contributed by atoms with van der Waals surface area (Å²) < 4.78 is 2.52. The molecule has 2 aliphatic rings. The molecule has 1 unspecified atom stereocenters. The molecule has 3 heterocycles. The highest BCUT2D eigenvalue weighted by Gasteiger charge is 2.23. The van der Waals surface area contributed by atoms with Crippen LogP contribution >= 0.6 is 11.9 Å². The predicted octanol–water partition coefficient (Wildman–Crippen LogP) is 4.10. The van der Waals surface area contributed by atoms with Gasteiger partial charge in [0.1, 0.15) is 5.82 Å². The van der Waals surface area contributed by atoms with E-state index in [0.29, 0.717) is 6.04 Å². The van der Waals surface area contributed by atoms with Crippen molar-refractivity contribution in [3.63, 3.8) is 0 Å². The molecule has 0 aliphatic carbocycles. The van der Waals surface area contributed by atoms with Crippen LogP contribution < -0.4 is 16.0 Å². The van der Waals surface area contributed by atoms with Crippen molar-refractivity contribution in [1.82, 2.24) is 14.6 Å². The van der Waals surface area contributed by atoms with Crippen molar-refractivity contribution in [3.8, 4) is 0 Å². The molecule has 1 aromatic heterocycles. The number of carbonyl (C=O) groups is 1. The van der Waals surface area contributed by atoms with E-state index >= 15 is 0 Å². The Labute approximate surface area is 192 Å². The van der Waals surface area contributed by atoms with Crippen LogP contribution in [0, 0.1) is 5.92 Å². The van der Waals surface area contributed by atoms with E-state index in [9.17, 15) is 0 Å². The van der Waals surface area contributed by atoms with Gasteiger partial charge in [0.05, 0.1) is 0 Å². The SMILES string of the molecule is CN/C(C)=C(\C=C\Cc1cccnc1N1CCCC1C)SN1CCC(C)CC1.NC=O. The zero-order valence-corrected chi connectivity index (χ0v) is 20.3. The molecule has 0 bridgehead atoms. The number of rotatable bonds is 7. The van der Waals surface area contributed by atoms with E-state index < -0.39 is 0 Å². The van der Waals surface area contributed by atoms with E-state index in [1.165, 1.54) is 60.8 Å². The first-order valence-corrected chi connectivity index (χ1v) is 12.1. The molecule has 172 valence electrons. The lowest BCUT2D eigenvalue weighted by Crippen LogP contribution is -2.28. The average Bonchev–Trinajstić information content (AvgIpc) is 3.20. The van der Waals surface area contributed by atoms with Crippen LogP contribution in [0.5, 0.6) is 0 Å². The van der Waals surface area contributed by atoms with Crippen LogP contribution in [0.4, 0.5) is 5.82 Å². The smallest absolute Gasteiger partial charge is 0.204 e. The molecular formula is C24H39N5OS. The summed E-state index contributed by atoms with van der Waals surface area (Å²) in [6.45, 7) is 10.3. The molecule has 7 heteroatoms. The molecule has 2 fully saturated rings. The number of hydrogen-bond acceptors (Lipinski definition) is 6. The maximum absolute atomic E-state index is 8.58. The maximum atomic E-state index is 8.58. The van der Waals surface area contributed by atoms with Gasteiger partial charge in [-0.05, 0) is 81.5 Å². The summed E-state index contributed by atoms with van der Waals surface area (Å²) in [5, 5.41) is 3.33. The van der Waals surface area contributed by atoms with E-state index in [-0.39, 0.29) is 6.41 Å². The molecule has 1 aromatic rings. The number of primary amides is 1. The van der Waals surface area contributed by atoms with Gasteiger partial charge in [-0.25, -0.2) is 9.29 Å². The second-order valence-corrected chi connectivity index (χ2v) is 9.49. The summed E-state index contributed by atoms with van der Waals surface area (Å²) in [7, 11) is 2.01. The summed E-state index contributed by atoms with van der Waals surface area (Å²) in [6.07, 6.45) is 12.8. The molecule has 0 saturated carbocycles. The Morgan fingerprint density at radius 2 is 2.00 bits per heavy atom. The second-order valence-electron chi connectivity index (χ2n) is 8.36. The first-order chi connectivity index (χ1) is 15.0. The van der Waals surface area contributed by atoms with Crippen LogP contribution in [-0.4, -0.2) is 48.4 Å². The van der Waals surface area contributed by atoms with E-state index in [1.807, 2.05) is 25.2 Å². The third-order valence-corrected chi connectivity index (χ3v) is 7.28. The van der Waals surface area contributed by atoms with Crippen LogP contribution in [0.3, 0.4) is 0 Å². The number of piperidine rings is 1. The Hall–Kier alpha value is -1.99. The molecule has 1 atom stereocenters. The van der Waals surface area contributed by atoms with E-state index in [1.54, 1.807) is 0 Å². The van der Waals surface area contributed by atoms with Crippen molar-refractivity contribution in [2.75, 3.05) is 31.6 Å². The zero-order valence-electron chi connectivity index (χ0n) is 19.5. The Morgan fingerprint density at radius 1 is 1.29 bits per heavy atom. The van der Waals surface area contributed by atoms with Crippen molar-refractivity contribution < 1.29 is 4.79 Å². The molecule has 0 spiro atoms. The number of nitrogens with one attached hydrogen (secondary N) is 1. The van der Waals surface area contributed by atoms with Gasteiger partial charge in [0.15, 0.2) is 0 Å². The van der Waals surface area contributed by atoms with Crippen molar-refractivity contribution >= 4 is 24.2 Å². The number of amides is 1. The minimum atomic E-state index is 0.250. The molecule has 1 amide bonds. The minimum absolute atomic E-state index is 0.250. The summed E-state index contributed by atoms with van der Waals surface area (Å²) >= 11 is 1.90. The van der Waals surface area contributed by atoms with Gasteiger partial charge < -0.3 is 16.0 Å². The number of allylic oxidation sites excluding steroid dienone is 3. The van der Waals surface area contributed by atoms with E-state index in [2.05, 4.69) is 65.3 Å². The Kier molecular flexibility index (Phi) is 10.9. The fraction of sp³-hybridized carbons (Fsp3) is 0.583. The average molecular weight is 446 g/mol. The molecule has 0 radical (unpaired) electrons. The number of nitrogens with two attached hydrogens (primary N) is 1. The third-order valence-electron chi connectivity index (χ3n) is 6.01. The lowest BCUT2D eigenvalue weighted by Gasteiger charge is -2.29. The fourth-order valence-electron chi connectivity index (χ4n) is 3.95. The van der Waals surface area contributed by atoms with Crippen LogP contribution in [0.25, 0.3) is 0 Å². The Balaban J connectivity index is 0.00000107. The molecular weight excluding hydrogens is 406 g/mol. The quantitative estimate of drug-likeness (QED) is 0.374. The molecule has 0 aromatic carbocycles. The molecule has 2 aliphatic heterocycles. The number of pyridine rings is 1. The first-order valence-electron chi connectivity index (χ1n) is 11.3. The summed E-state index contributed by atoms with van der Waals surface area (Å²) in [5.74, 6) is 2.04. The summed E-state index contributed by atoms with van der Waals surface area (Å²) in [4.78, 5) is 17.1.